The molecule has 0 fully saturated rings. The van der Waals surface area contributed by atoms with Crippen LogP contribution >= 0.6 is 27.3 Å². The molecule has 6 heteroatoms. The first-order valence-corrected chi connectivity index (χ1v) is 7.33. The highest BCUT2D eigenvalue weighted by molar-refractivity contribution is 9.10. The van der Waals surface area contributed by atoms with E-state index in [4.69, 9.17) is 10.6 Å². The van der Waals surface area contributed by atoms with Crippen molar-refractivity contribution in [3.63, 3.8) is 0 Å². The zero-order chi connectivity index (χ0) is 13.8. The van der Waals surface area contributed by atoms with Crippen molar-refractivity contribution < 1.29 is 9.13 Å². The first-order valence-electron chi connectivity index (χ1n) is 5.66. The molecular weight excluding hydrogens is 331 g/mol. The zero-order valence-electron chi connectivity index (χ0n) is 10.3. The van der Waals surface area contributed by atoms with E-state index < -0.39 is 0 Å². The summed E-state index contributed by atoms with van der Waals surface area (Å²) in [5, 5.41) is 2.01. The summed E-state index contributed by atoms with van der Waals surface area (Å²) in [5.74, 6) is 5.42. The minimum atomic E-state index is -0.382. The highest BCUT2D eigenvalue weighted by Gasteiger charge is 2.14. The molecule has 0 bridgehead atoms. The molecule has 1 aromatic heterocycles. The van der Waals surface area contributed by atoms with Crippen LogP contribution in [0.5, 0.6) is 5.75 Å². The number of hydrogen-bond acceptors (Lipinski definition) is 4. The second-order valence-corrected chi connectivity index (χ2v) is 5.96. The summed E-state index contributed by atoms with van der Waals surface area (Å²) in [6.45, 7) is 0. The fourth-order valence-corrected chi connectivity index (χ4v) is 3.33. The van der Waals surface area contributed by atoms with Gasteiger partial charge in [-0.15, -0.1) is 11.3 Å². The Morgan fingerprint density at radius 1 is 1.47 bits per heavy atom. The maximum atomic E-state index is 13.7. The molecule has 2 aromatic rings. The molecule has 0 saturated heterocycles. The molecule has 3 nitrogen and oxygen atoms in total. The standard InChI is InChI=1S/C13H14BrFN2OS/c1-18-13-3-2-8(4-11(13)15)12(17-16)6-10-5-9(14)7-19-10/h2-5,7,12,17H,6,16H2,1H3. The molecule has 1 unspecified atom stereocenters. The number of nitrogens with two attached hydrogens (primary N) is 1. The molecule has 3 N–H and O–H groups in total. The van der Waals surface area contributed by atoms with Gasteiger partial charge >= 0.3 is 0 Å². The molecule has 0 aliphatic heterocycles. The average Bonchev–Trinajstić information content (AvgIpc) is 2.81. The van der Waals surface area contributed by atoms with Gasteiger partial charge in [0.2, 0.25) is 0 Å². The van der Waals surface area contributed by atoms with Crippen molar-refractivity contribution in [2.24, 2.45) is 5.84 Å². The van der Waals surface area contributed by atoms with E-state index in [0.29, 0.717) is 6.42 Å². The maximum absolute atomic E-state index is 13.7. The van der Waals surface area contributed by atoms with Crippen molar-refractivity contribution in [2.45, 2.75) is 12.5 Å². The number of rotatable bonds is 5. The Morgan fingerprint density at radius 2 is 2.26 bits per heavy atom. The molecule has 19 heavy (non-hydrogen) atoms. The van der Waals surface area contributed by atoms with Crippen LogP contribution in [0.25, 0.3) is 0 Å². The van der Waals surface area contributed by atoms with Crippen LogP contribution in [0.2, 0.25) is 0 Å². The summed E-state index contributed by atoms with van der Waals surface area (Å²) >= 11 is 5.05. The van der Waals surface area contributed by atoms with Gasteiger partial charge in [0.1, 0.15) is 0 Å². The molecule has 0 radical (unpaired) electrons. The number of thiophene rings is 1. The van der Waals surface area contributed by atoms with Gasteiger partial charge in [-0.3, -0.25) is 11.3 Å². The lowest BCUT2D eigenvalue weighted by atomic mass is 10.0. The number of hydrazine groups is 1. The first-order chi connectivity index (χ1) is 9.13. The van der Waals surface area contributed by atoms with Gasteiger partial charge in [0.25, 0.3) is 0 Å². The Bertz CT molecular complexity index is 561. The van der Waals surface area contributed by atoms with Crippen LogP contribution in [0.15, 0.2) is 34.1 Å². The normalized spacial score (nSPS) is 12.4. The van der Waals surface area contributed by atoms with Crippen molar-refractivity contribution in [1.29, 1.82) is 0 Å². The van der Waals surface area contributed by atoms with Gasteiger partial charge in [0.05, 0.1) is 13.2 Å². The minimum Gasteiger partial charge on any atom is -0.494 e. The first kappa shape index (κ1) is 14.5. The van der Waals surface area contributed by atoms with Crippen LogP contribution in [0.4, 0.5) is 4.39 Å². The smallest absolute Gasteiger partial charge is 0.165 e. The second-order valence-electron chi connectivity index (χ2n) is 4.05. The summed E-state index contributed by atoms with van der Waals surface area (Å²) in [6.07, 6.45) is 0.707. The van der Waals surface area contributed by atoms with E-state index in [0.717, 1.165) is 10.0 Å². The van der Waals surface area contributed by atoms with E-state index in [1.165, 1.54) is 18.1 Å². The molecule has 1 atom stereocenters. The Labute approximate surface area is 123 Å². The van der Waals surface area contributed by atoms with Gasteiger partial charge in [-0.25, -0.2) is 4.39 Å². The number of hydrogen-bond donors (Lipinski definition) is 2. The molecule has 0 spiro atoms. The largest absolute Gasteiger partial charge is 0.494 e. The summed E-state index contributed by atoms with van der Waals surface area (Å²) in [4.78, 5) is 1.17. The number of nitrogens with one attached hydrogen (secondary N) is 1. The van der Waals surface area contributed by atoms with Gasteiger partial charge in [-0.05, 0) is 39.7 Å². The molecule has 1 heterocycles. The fourth-order valence-electron chi connectivity index (χ4n) is 1.83. The topological polar surface area (TPSA) is 47.3 Å². The Hall–Kier alpha value is -0.950. The van der Waals surface area contributed by atoms with Gasteiger partial charge < -0.3 is 4.74 Å². The van der Waals surface area contributed by atoms with Gasteiger partial charge in [0.15, 0.2) is 11.6 Å². The quantitative estimate of drug-likeness (QED) is 0.645. The number of methoxy groups -OCH3 is 1. The average molecular weight is 345 g/mol. The van der Waals surface area contributed by atoms with E-state index in [2.05, 4.69) is 21.4 Å². The maximum Gasteiger partial charge on any atom is 0.165 e. The summed E-state index contributed by atoms with van der Waals surface area (Å²) in [5.41, 5.74) is 3.52. The van der Waals surface area contributed by atoms with Crippen LogP contribution in [-0.2, 0) is 6.42 Å². The third-order valence-electron chi connectivity index (χ3n) is 2.81. The molecular formula is C13H14BrFN2OS. The Morgan fingerprint density at radius 3 is 2.79 bits per heavy atom. The Balaban J connectivity index is 2.19. The fraction of sp³-hybridized carbons (Fsp3) is 0.231. The molecule has 0 amide bonds. The van der Waals surface area contributed by atoms with Crippen molar-refractivity contribution in [3.05, 3.63) is 50.4 Å². The van der Waals surface area contributed by atoms with Crippen molar-refractivity contribution in [2.75, 3.05) is 7.11 Å². The van der Waals surface area contributed by atoms with E-state index in [1.54, 1.807) is 17.4 Å². The molecule has 1 aromatic carbocycles. The lowest BCUT2D eigenvalue weighted by Gasteiger charge is -2.16. The van der Waals surface area contributed by atoms with Crippen LogP contribution in [0.3, 0.4) is 0 Å². The van der Waals surface area contributed by atoms with Gasteiger partial charge in [0, 0.05) is 21.2 Å². The molecule has 0 aliphatic rings. The number of ether oxygens (including phenoxy) is 1. The van der Waals surface area contributed by atoms with Crippen LogP contribution in [0, 0.1) is 5.82 Å². The van der Waals surface area contributed by atoms with Crippen LogP contribution < -0.4 is 16.0 Å². The van der Waals surface area contributed by atoms with Crippen molar-refractivity contribution >= 4 is 27.3 Å². The number of halogens is 2. The van der Waals surface area contributed by atoms with Crippen molar-refractivity contribution in [3.8, 4) is 5.75 Å². The van der Waals surface area contributed by atoms with E-state index in [1.807, 2.05) is 17.5 Å². The minimum absolute atomic E-state index is 0.133. The SMILES string of the molecule is COc1ccc(C(Cc2cc(Br)cs2)NN)cc1F. The van der Waals surface area contributed by atoms with E-state index in [9.17, 15) is 4.39 Å². The van der Waals surface area contributed by atoms with E-state index >= 15 is 0 Å². The Kier molecular flexibility index (Phi) is 4.93. The third-order valence-corrected chi connectivity index (χ3v) is 4.53. The predicted octanol–water partition coefficient (Wildman–Crippen LogP) is 3.41. The molecule has 0 aliphatic carbocycles. The highest BCUT2D eigenvalue weighted by atomic mass is 79.9. The van der Waals surface area contributed by atoms with Gasteiger partial charge in [-0.1, -0.05) is 6.07 Å². The van der Waals surface area contributed by atoms with E-state index in [-0.39, 0.29) is 17.6 Å². The van der Waals surface area contributed by atoms with Gasteiger partial charge in [-0.2, -0.15) is 0 Å². The lowest BCUT2D eigenvalue weighted by molar-refractivity contribution is 0.385. The van der Waals surface area contributed by atoms with Crippen molar-refractivity contribution in [1.82, 2.24) is 5.43 Å². The zero-order valence-corrected chi connectivity index (χ0v) is 12.7. The predicted molar refractivity (Wildman–Crippen MR) is 78.7 cm³/mol. The summed E-state index contributed by atoms with van der Waals surface area (Å²) < 4.78 is 19.6. The monoisotopic (exact) mass is 344 g/mol. The number of benzene rings is 1. The lowest BCUT2D eigenvalue weighted by Crippen LogP contribution is -2.29. The molecule has 102 valence electrons. The van der Waals surface area contributed by atoms with Crippen LogP contribution in [-0.4, -0.2) is 7.11 Å². The highest BCUT2D eigenvalue weighted by Crippen LogP contribution is 2.27. The second kappa shape index (κ2) is 6.47. The molecule has 2 rings (SSSR count). The third kappa shape index (κ3) is 3.54. The van der Waals surface area contributed by atoms with Crippen LogP contribution in [0.1, 0.15) is 16.5 Å². The molecule has 0 saturated carbocycles. The summed E-state index contributed by atoms with van der Waals surface area (Å²) in [7, 11) is 1.44. The summed E-state index contributed by atoms with van der Waals surface area (Å²) in [6, 6.07) is 6.78.